The summed E-state index contributed by atoms with van der Waals surface area (Å²) in [5.74, 6) is -1.87. The van der Waals surface area contributed by atoms with E-state index in [4.69, 9.17) is 10.2 Å². The molecule has 1 aromatic rings. The van der Waals surface area contributed by atoms with E-state index in [1.807, 2.05) is 0 Å². The molecule has 0 radical (unpaired) electrons. The van der Waals surface area contributed by atoms with Gasteiger partial charge in [-0.25, -0.2) is 4.79 Å². The Bertz CT molecular complexity index is 491. The van der Waals surface area contributed by atoms with E-state index in [0.717, 1.165) is 0 Å². The van der Waals surface area contributed by atoms with Gasteiger partial charge in [-0.15, -0.1) is 0 Å². The van der Waals surface area contributed by atoms with E-state index in [2.05, 4.69) is 0 Å². The van der Waals surface area contributed by atoms with E-state index < -0.39 is 41.1 Å². The fraction of sp³-hybridized carbons (Fsp3) is 0.300. The molecule has 0 aliphatic carbocycles. The van der Waals surface area contributed by atoms with E-state index in [9.17, 15) is 31.1 Å². The third-order valence-electron chi connectivity index (χ3n) is 2.20. The summed E-state index contributed by atoms with van der Waals surface area (Å²) < 4.78 is 74.7. The second-order valence-electron chi connectivity index (χ2n) is 3.54. The monoisotopic (exact) mass is 288 g/mol. The van der Waals surface area contributed by atoms with Gasteiger partial charge in [0.05, 0.1) is 11.1 Å². The lowest BCUT2D eigenvalue weighted by atomic mass is 10.00. The minimum Gasteiger partial charge on any atom is -0.479 e. The Morgan fingerprint density at radius 1 is 1.00 bits per heavy atom. The summed E-state index contributed by atoms with van der Waals surface area (Å²) >= 11 is 0. The van der Waals surface area contributed by atoms with E-state index in [1.54, 1.807) is 0 Å². The Morgan fingerprint density at radius 2 is 1.47 bits per heavy atom. The maximum Gasteiger partial charge on any atom is 0.417 e. The highest BCUT2D eigenvalue weighted by molar-refractivity contribution is 5.74. The van der Waals surface area contributed by atoms with Crippen molar-refractivity contribution in [2.75, 3.05) is 0 Å². The molecular formula is C10H6F6O3. The molecule has 1 aromatic carbocycles. The second-order valence-corrected chi connectivity index (χ2v) is 3.54. The Morgan fingerprint density at radius 3 is 1.84 bits per heavy atom. The molecule has 19 heavy (non-hydrogen) atoms. The number of aliphatic hydroxyl groups is 1. The molecule has 1 rings (SSSR count). The number of halogens is 6. The third kappa shape index (κ3) is 3.37. The Hall–Kier alpha value is -1.77. The summed E-state index contributed by atoms with van der Waals surface area (Å²) in [7, 11) is 0. The summed E-state index contributed by atoms with van der Waals surface area (Å²) in [4.78, 5) is 10.4. The van der Waals surface area contributed by atoms with Crippen LogP contribution in [0.1, 0.15) is 22.8 Å². The first-order chi connectivity index (χ1) is 8.44. The van der Waals surface area contributed by atoms with Crippen molar-refractivity contribution in [1.29, 1.82) is 0 Å². The Labute approximate surface area is 102 Å². The van der Waals surface area contributed by atoms with Gasteiger partial charge in [-0.2, -0.15) is 26.3 Å². The predicted octanol–water partition coefficient (Wildman–Crippen LogP) is 2.84. The number of aliphatic carboxylic acids is 1. The fourth-order valence-corrected chi connectivity index (χ4v) is 1.36. The summed E-state index contributed by atoms with van der Waals surface area (Å²) in [5, 5.41) is 17.4. The maximum atomic E-state index is 12.5. The lowest BCUT2D eigenvalue weighted by molar-refractivity contribution is -0.162. The van der Waals surface area contributed by atoms with E-state index in [-0.39, 0.29) is 12.1 Å². The SMILES string of the molecule is O=C(O)C(O)c1ccc(C(F)(F)F)c(C(F)(F)F)c1. The standard InChI is InChI=1S/C10H6F6O3/c11-9(12,13)5-2-1-4(7(17)8(18)19)3-6(5)10(14,15)16/h1-3,7,17H,(H,18,19). The number of alkyl halides is 6. The first-order valence-electron chi connectivity index (χ1n) is 4.64. The van der Waals surface area contributed by atoms with Crippen molar-refractivity contribution in [1.82, 2.24) is 0 Å². The smallest absolute Gasteiger partial charge is 0.417 e. The highest BCUT2D eigenvalue weighted by Crippen LogP contribution is 2.41. The van der Waals surface area contributed by atoms with Crippen molar-refractivity contribution in [3.05, 3.63) is 34.9 Å². The van der Waals surface area contributed by atoms with Crippen LogP contribution < -0.4 is 0 Å². The summed E-state index contributed by atoms with van der Waals surface area (Å²) in [6.45, 7) is 0. The number of rotatable bonds is 2. The van der Waals surface area contributed by atoms with Crippen LogP contribution in [0.3, 0.4) is 0 Å². The molecule has 0 aromatic heterocycles. The van der Waals surface area contributed by atoms with Crippen LogP contribution in [-0.4, -0.2) is 16.2 Å². The topological polar surface area (TPSA) is 57.5 Å². The molecule has 0 saturated carbocycles. The quantitative estimate of drug-likeness (QED) is 0.823. The first-order valence-corrected chi connectivity index (χ1v) is 4.64. The molecule has 0 bridgehead atoms. The number of carbonyl (C=O) groups is 1. The number of hydrogen-bond acceptors (Lipinski definition) is 2. The van der Waals surface area contributed by atoms with E-state index >= 15 is 0 Å². The molecule has 0 fully saturated rings. The zero-order valence-corrected chi connectivity index (χ0v) is 8.88. The number of aliphatic hydroxyl groups excluding tert-OH is 1. The molecule has 3 nitrogen and oxygen atoms in total. The van der Waals surface area contributed by atoms with Gasteiger partial charge in [0.25, 0.3) is 0 Å². The van der Waals surface area contributed by atoms with Gasteiger partial charge in [-0.1, -0.05) is 6.07 Å². The van der Waals surface area contributed by atoms with E-state index in [1.165, 1.54) is 0 Å². The molecule has 0 spiro atoms. The van der Waals surface area contributed by atoms with Crippen LogP contribution in [0.5, 0.6) is 0 Å². The second kappa shape index (κ2) is 4.72. The van der Waals surface area contributed by atoms with Gasteiger partial charge in [0, 0.05) is 0 Å². The molecule has 0 saturated heterocycles. The normalized spacial score (nSPS) is 14.3. The van der Waals surface area contributed by atoms with Crippen LogP contribution in [0.25, 0.3) is 0 Å². The highest BCUT2D eigenvalue weighted by atomic mass is 19.4. The Balaban J connectivity index is 3.44. The average Bonchev–Trinajstić information content (AvgIpc) is 2.24. The minimum atomic E-state index is -5.32. The van der Waals surface area contributed by atoms with Gasteiger partial charge in [-0.3, -0.25) is 0 Å². The van der Waals surface area contributed by atoms with Crippen molar-refractivity contribution >= 4 is 5.97 Å². The van der Waals surface area contributed by atoms with Crippen molar-refractivity contribution < 1.29 is 41.4 Å². The average molecular weight is 288 g/mol. The molecule has 1 atom stereocenters. The molecule has 2 N–H and O–H groups in total. The Kier molecular flexibility index (Phi) is 3.80. The molecule has 9 heteroatoms. The van der Waals surface area contributed by atoms with Gasteiger partial charge in [0.2, 0.25) is 0 Å². The number of benzene rings is 1. The van der Waals surface area contributed by atoms with Gasteiger partial charge in [0.1, 0.15) is 0 Å². The van der Waals surface area contributed by atoms with Crippen molar-refractivity contribution in [3.8, 4) is 0 Å². The zero-order chi connectivity index (χ0) is 15.0. The summed E-state index contributed by atoms with van der Waals surface area (Å²) in [6, 6.07) is 0.544. The lowest BCUT2D eigenvalue weighted by Gasteiger charge is -2.17. The van der Waals surface area contributed by atoms with Gasteiger partial charge in [0.15, 0.2) is 6.10 Å². The number of hydrogen-bond donors (Lipinski definition) is 2. The number of carboxylic acid groups (broad SMARTS) is 1. The highest BCUT2D eigenvalue weighted by Gasteiger charge is 2.43. The first kappa shape index (κ1) is 15.3. The van der Waals surface area contributed by atoms with Gasteiger partial charge in [-0.05, 0) is 17.7 Å². The molecular weight excluding hydrogens is 282 g/mol. The molecule has 0 amide bonds. The zero-order valence-electron chi connectivity index (χ0n) is 8.88. The summed E-state index contributed by atoms with van der Waals surface area (Å²) in [6.07, 6.45) is -12.9. The number of carboxylic acids is 1. The minimum absolute atomic E-state index is 0.0262. The predicted molar refractivity (Wildman–Crippen MR) is 49.0 cm³/mol. The van der Waals surface area contributed by atoms with Crippen molar-refractivity contribution in [2.45, 2.75) is 18.5 Å². The van der Waals surface area contributed by atoms with Crippen LogP contribution >= 0.6 is 0 Å². The molecule has 0 heterocycles. The van der Waals surface area contributed by atoms with Gasteiger partial charge < -0.3 is 10.2 Å². The molecule has 0 aliphatic heterocycles. The third-order valence-corrected chi connectivity index (χ3v) is 2.20. The molecule has 1 unspecified atom stereocenters. The van der Waals surface area contributed by atoms with Gasteiger partial charge >= 0.3 is 18.3 Å². The summed E-state index contributed by atoms with van der Waals surface area (Å²) in [5.41, 5.74) is -4.77. The van der Waals surface area contributed by atoms with Crippen LogP contribution in [0.15, 0.2) is 18.2 Å². The van der Waals surface area contributed by atoms with Crippen LogP contribution in [0.2, 0.25) is 0 Å². The largest absolute Gasteiger partial charge is 0.479 e. The van der Waals surface area contributed by atoms with Crippen LogP contribution in [0, 0.1) is 0 Å². The van der Waals surface area contributed by atoms with Crippen LogP contribution in [0.4, 0.5) is 26.3 Å². The van der Waals surface area contributed by atoms with E-state index in [0.29, 0.717) is 6.07 Å². The van der Waals surface area contributed by atoms with Crippen molar-refractivity contribution in [2.24, 2.45) is 0 Å². The lowest BCUT2D eigenvalue weighted by Crippen LogP contribution is -2.18. The maximum absolute atomic E-state index is 12.5. The van der Waals surface area contributed by atoms with Crippen molar-refractivity contribution in [3.63, 3.8) is 0 Å². The molecule has 0 aliphatic rings. The molecule has 106 valence electrons. The fourth-order valence-electron chi connectivity index (χ4n) is 1.36. The van der Waals surface area contributed by atoms with Crippen LogP contribution in [-0.2, 0) is 17.1 Å².